The van der Waals surface area contributed by atoms with Gasteiger partial charge in [-0.05, 0) is 25.5 Å². The maximum Gasteiger partial charge on any atom is 0.409 e. The molecule has 1 atom stereocenters. The fraction of sp³-hybridized carbons (Fsp3) is 0.417. The average Bonchev–Trinajstić information content (AvgIpc) is 2.61. The van der Waals surface area contributed by atoms with Gasteiger partial charge in [-0.1, -0.05) is 17.7 Å². The van der Waals surface area contributed by atoms with Crippen molar-refractivity contribution in [2.75, 3.05) is 4.90 Å². The number of amides is 1. The van der Waals surface area contributed by atoms with Crippen molar-refractivity contribution in [3.63, 3.8) is 0 Å². The van der Waals surface area contributed by atoms with Gasteiger partial charge in [0.1, 0.15) is 6.04 Å². The van der Waals surface area contributed by atoms with E-state index in [0.29, 0.717) is 5.69 Å². The van der Waals surface area contributed by atoms with E-state index < -0.39 is 18.1 Å². The number of nitrogens with zero attached hydrogens (tertiary/aromatic N) is 1. The summed E-state index contributed by atoms with van der Waals surface area (Å²) in [5.74, 6) is -0.462. The third-order valence-corrected chi connectivity index (χ3v) is 2.90. The molecule has 0 spiro atoms. The summed E-state index contributed by atoms with van der Waals surface area (Å²) in [6.45, 7) is 1.84. The number of alkyl halides is 3. The molecule has 0 unspecified atom stereocenters. The van der Waals surface area contributed by atoms with Gasteiger partial charge >= 0.3 is 6.18 Å². The first-order valence-corrected chi connectivity index (χ1v) is 5.35. The highest BCUT2D eigenvalue weighted by Gasteiger charge is 2.49. The number of aryl methyl sites for hydroxylation is 1. The first-order valence-electron chi connectivity index (χ1n) is 5.35. The first-order chi connectivity index (χ1) is 7.89. The summed E-state index contributed by atoms with van der Waals surface area (Å²) < 4.78 is 38.3. The van der Waals surface area contributed by atoms with Crippen LogP contribution in [-0.4, -0.2) is 18.1 Å². The molecule has 1 fully saturated rings. The van der Waals surface area contributed by atoms with Crippen molar-refractivity contribution in [3.05, 3.63) is 29.8 Å². The van der Waals surface area contributed by atoms with Crippen LogP contribution in [0.3, 0.4) is 0 Å². The summed E-state index contributed by atoms with van der Waals surface area (Å²) in [6, 6.07) is 4.83. The van der Waals surface area contributed by atoms with Gasteiger partial charge < -0.3 is 4.90 Å². The minimum absolute atomic E-state index is 0.0436. The molecule has 1 aliphatic heterocycles. The zero-order valence-electron chi connectivity index (χ0n) is 9.29. The first kappa shape index (κ1) is 12.0. The second-order valence-corrected chi connectivity index (χ2v) is 4.20. The van der Waals surface area contributed by atoms with Crippen LogP contribution >= 0.6 is 0 Å². The summed E-state index contributed by atoms with van der Waals surface area (Å²) in [5, 5.41) is 0. The summed E-state index contributed by atoms with van der Waals surface area (Å²) >= 11 is 0. The van der Waals surface area contributed by atoms with Crippen molar-refractivity contribution in [3.8, 4) is 0 Å². The molecule has 0 aromatic heterocycles. The second-order valence-electron chi connectivity index (χ2n) is 4.20. The third kappa shape index (κ3) is 2.28. The van der Waals surface area contributed by atoms with Gasteiger partial charge in [0.15, 0.2) is 0 Å². The Hall–Kier alpha value is -1.52. The maximum atomic E-state index is 12.8. The number of carbonyl (C=O) groups excluding carboxylic acids is 1. The van der Waals surface area contributed by atoms with Gasteiger partial charge in [-0.3, -0.25) is 4.79 Å². The molecule has 0 N–H and O–H groups in total. The van der Waals surface area contributed by atoms with Gasteiger partial charge in [0, 0.05) is 12.1 Å². The van der Waals surface area contributed by atoms with Crippen LogP contribution in [0.5, 0.6) is 0 Å². The Labute approximate surface area is 97.0 Å². The number of rotatable bonds is 1. The predicted octanol–water partition coefficient (Wildman–Crippen LogP) is 3.05. The molecule has 0 radical (unpaired) electrons. The van der Waals surface area contributed by atoms with E-state index >= 15 is 0 Å². The van der Waals surface area contributed by atoms with Crippen LogP contribution < -0.4 is 4.90 Å². The van der Waals surface area contributed by atoms with E-state index in [1.54, 1.807) is 24.3 Å². The fourth-order valence-electron chi connectivity index (χ4n) is 2.02. The molecule has 5 heteroatoms. The largest absolute Gasteiger partial charge is 0.409 e. The molecule has 17 heavy (non-hydrogen) atoms. The summed E-state index contributed by atoms with van der Waals surface area (Å²) in [4.78, 5) is 12.4. The van der Waals surface area contributed by atoms with Crippen LogP contribution in [0.4, 0.5) is 18.9 Å². The second kappa shape index (κ2) is 4.05. The van der Waals surface area contributed by atoms with Crippen LogP contribution in [-0.2, 0) is 4.79 Å². The van der Waals surface area contributed by atoms with E-state index in [1.165, 1.54) is 0 Å². The van der Waals surface area contributed by atoms with Crippen LogP contribution in [0.25, 0.3) is 0 Å². The molecular formula is C12H12F3NO. The summed E-state index contributed by atoms with van der Waals surface area (Å²) in [5.41, 5.74) is 1.27. The van der Waals surface area contributed by atoms with E-state index in [2.05, 4.69) is 0 Å². The van der Waals surface area contributed by atoms with Crippen LogP contribution in [0.15, 0.2) is 24.3 Å². The number of carbonyl (C=O) groups is 1. The minimum atomic E-state index is -4.36. The Morgan fingerprint density at radius 2 is 1.82 bits per heavy atom. The molecule has 1 aromatic rings. The normalized spacial score (nSPS) is 21.1. The zero-order chi connectivity index (χ0) is 12.6. The van der Waals surface area contributed by atoms with Gasteiger partial charge in [-0.25, -0.2) is 0 Å². The smallest absolute Gasteiger partial charge is 0.300 e. The Morgan fingerprint density at radius 1 is 1.24 bits per heavy atom. The Balaban J connectivity index is 2.34. The zero-order valence-corrected chi connectivity index (χ0v) is 9.29. The van der Waals surface area contributed by atoms with E-state index in [9.17, 15) is 18.0 Å². The lowest BCUT2D eigenvalue weighted by molar-refractivity contribution is -0.148. The predicted molar refractivity (Wildman–Crippen MR) is 57.7 cm³/mol. The van der Waals surface area contributed by atoms with E-state index in [-0.39, 0.29) is 12.8 Å². The summed E-state index contributed by atoms with van der Waals surface area (Å²) in [7, 11) is 0. The molecule has 1 heterocycles. The van der Waals surface area contributed by atoms with Gasteiger partial charge in [-0.2, -0.15) is 13.2 Å². The monoisotopic (exact) mass is 243 g/mol. The SMILES string of the molecule is Cc1ccc(N2C(=O)CC[C@@H]2C(F)(F)F)cc1. The molecule has 0 saturated carbocycles. The average molecular weight is 243 g/mol. The van der Waals surface area contributed by atoms with Gasteiger partial charge in [-0.15, -0.1) is 0 Å². The van der Waals surface area contributed by atoms with Crippen molar-refractivity contribution >= 4 is 11.6 Å². The van der Waals surface area contributed by atoms with Crippen LogP contribution in [0.1, 0.15) is 18.4 Å². The molecule has 2 nitrogen and oxygen atoms in total. The lowest BCUT2D eigenvalue weighted by Gasteiger charge is -2.26. The van der Waals surface area contributed by atoms with Crippen molar-refractivity contribution in [2.45, 2.75) is 32.0 Å². The molecule has 0 bridgehead atoms. The highest BCUT2D eigenvalue weighted by atomic mass is 19.4. The third-order valence-electron chi connectivity index (χ3n) is 2.90. The lowest BCUT2D eigenvalue weighted by Crippen LogP contribution is -2.43. The summed E-state index contributed by atoms with van der Waals surface area (Å²) in [6.07, 6.45) is -4.56. The Bertz CT molecular complexity index is 424. The molecule has 1 aromatic carbocycles. The fourth-order valence-corrected chi connectivity index (χ4v) is 2.02. The van der Waals surface area contributed by atoms with Crippen molar-refractivity contribution < 1.29 is 18.0 Å². The molecule has 1 amide bonds. The standard InChI is InChI=1S/C12H12F3NO/c1-8-2-4-9(5-3-8)16-10(12(13,14)15)6-7-11(16)17/h2-5,10H,6-7H2,1H3/t10-/m1/s1. The maximum absolute atomic E-state index is 12.8. The quantitative estimate of drug-likeness (QED) is 0.742. The number of hydrogen-bond acceptors (Lipinski definition) is 1. The van der Waals surface area contributed by atoms with Gasteiger partial charge in [0.2, 0.25) is 5.91 Å². The number of benzene rings is 1. The molecule has 92 valence electrons. The van der Waals surface area contributed by atoms with Crippen LogP contribution in [0.2, 0.25) is 0 Å². The highest BCUT2D eigenvalue weighted by Crippen LogP contribution is 2.36. The number of anilines is 1. The molecule has 2 rings (SSSR count). The molecule has 1 saturated heterocycles. The van der Waals surface area contributed by atoms with E-state index in [4.69, 9.17) is 0 Å². The molecular weight excluding hydrogens is 231 g/mol. The van der Waals surface area contributed by atoms with Crippen LogP contribution in [0, 0.1) is 6.92 Å². The van der Waals surface area contributed by atoms with Crippen molar-refractivity contribution in [1.82, 2.24) is 0 Å². The Morgan fingerprint density at radius 3 is 2.35 bits per heavy atom. The van der Waals surface area contributed by atoms with Gasteiger partial charge in [0.05, 0.1) is 0 Å². The van der Waals surface area contributed by atoms with E-state index in [1.807, 2.05) is 6.92 Å². The minimum Gasteiger partial charge on any atom is -0.300 e. The van der Waals surface area contributed by atoms with Crippen molar-refractivity contribution in [2.24, 2.45) is 0 Å². The lowest BCUT2D eigenvalue weighted by atomic mass is 10.2. The Kier molecular flexibility index (Phi) is 2.85. The number of hydrogen-bond donors (Lipinski definition) is 0. The van der Waals surface area contributed by atoms with Gasteiger partial charge in [0.25, 0.3) is 0 Å². The number of halogens is 3. The van der Waals surface area contributed by atoms with E-state index in [0.717, 1.165) is 10.5 Å². The topological polar surface area (TPSA) is 20.3 Å². The molecule has 1 aliphatic rings. The molecule has 0 aliphatic carbocycles. The van der Waals surface area contributed by atoms with Crippen molar-refractivity contribution in [1.29, 1.82) is 0 Å². The highest BCUT2D eigenvalue weighted by molar-refractivity contribution is 5.96.